The van der Waals surface area contributed by atoms with Crippen molar-refractivity contribution in [3.05, 3.63) is 120 Å². The van der Waals surface area contributed by atoms with E-state index in [0.717, 1.165) is 0 Å². The van der Waals surface area contributed by atoms with Gasteiger partial charge in [-0.25, -0.2) is 0 Å². The predicted octanol–water partition coefficient (Wildman–Crippen LogP) is 7.12. The van der Waals surface area contributed by atoms with Crippen molar-refractivity contribution in [2.45, 2.75) is 12.2 Å². The average Bonchev–Trinajstić information content (AvgIpc) is 2.86. The van der Waals surface area contributed by atoms with Gasteiger partial charge >= 0.3 is 0 Å². The Morgan fingerprint density at radius 3 is 1.27 bits per heavy atom. The number of nitrogens with zero attached hydrogens (tertiary/aromatic N) is 2. The van der Waals surface area contributed by atoms with Gasteiger partial charge in [-0.05, 0) is 59.7 Å². The molecule has 0 heterocycles. The molecule has 0 saturated heterocycles. The summed E-state index contributed by atoms with van der Waals surface area (Å²) < 4.78 is 17.6. The summed E-state index contributed by atoms with van der Waals surface area (Å²) in [5, 5.41) is 19.5. The molecule has 0 fully saturated rings. The first-order valence-electron chi connectivity index (χ1n) is 10.4. The van der Waals surface area contributed by atoms with Gasteiger partial charge in [-0.3, -0.25) is 0 Å². The van der Waals surface area contributed by atoms with E-state index >= 15 is 0 Å². The summed E-state index contributed by atoms with van der Waals surface area (Å²) in [5.41, 5.74) is 1.20. The molecule has 0 amide bonds. The molecule has 0 radical (unpaired) electrons. The van der Waals surface area contributed by atoms with Crippen LogP contribution in [0.15, 0.2) is 109 Å². The van der Waals surface area contributed by atoms with Crippen molar-refractivity contribution in [2.75, 3.05) is 0 Å². The molecule has 0 aliphatic rings. The molecule has 0 saturated carbocycles. The van der Waals surface area contributed by atoms with Crippen LogP contribution >= 0.6 is 0 Å². The minimum absolute atomic E-state index is 0.578. The van der Waals surface area contributed by atoms with Crippen molar-refractivity contribution in [3.63, 3.8) is 0 Å². The number of hydrogen-bond donors (Lipinski definition) is 0. The fraction of sp³-hybridized carbons (Fsp3) is 0.0714. The highest BCUT2D eigenvalue weighted by Gasteiger charge is 2.20. The van der Waals surface area contributed by atoms with Crippen LogP contribution in [0.5, 0.6) is 23.0 Å². The first-order valence-corrected chi connectivity index (χ1v) is 10.4. The van der Waals surface area contributed by atoms with Gasteiger partial charge in [-0.2, -0.15) is 10.5 Å². The van der Waals surface area contributed by atoms with E-state index < -0.39 is 12.2 Å². The van der Waals surface area contributed by atoms with Gasteiger partial charge in [0.25, 0.3) is 0 Å². The van der Waals surface area contributed by atoms with Gasteiger partial charge in [0, 0.05) is 0 Å². The number of ether oxygens (including phenoxy) is 3. The van der Waals surface area contributed by atoms with Crippen LogP contribution in [-0.4, -0.2) is 0 Å². The number of para-hydroxylation sites is 2. The zero-order valence-corrected chi connectivity index (χ0v) is 17.7. The second-order valence-corrected chi connectivity index (χ2v) is 7.13. The zero-order chi connectivity index (χ0) is 22.9. The summed E-state index contributed by atoms with van der Waals surface area (Å²) in [7, 11) is 0. The van der Waals surface area contributed by atoms with Crippen LogP contribution in [0.25, 0.3) is 0 Å². The minimum atomic E-state index is -0.951. The lowest BCUT2D eigenvalue weighted by molar-refractivity contribution is 0.0487. The van der Waals surface area contributed by atoms with Gasteiger partial charge in [0.2, 0.25) is 0 Å². The molecule has 0 bridgehead atoms. The predicted molar refractivity (Wildman–Crippen MR) is 124 cm³/mol. The normalized spacial score (nSPS) is 12.1. The van der Waals surface area contributed by atoms with E-state index in [4.69, 9.17) is 14.2 Å². The maximum Gasteiger partial charge on any atom is 0.171 e. The summed E-state index contributed by atoms with van der Waals surface area (Å²) in [5.74, 6) is 2.53. The Hall–Kier alpha value is -4.58. The van der Waals surface area contributed by atoms with Crippen LogP contribution in [0.1, 0.15) is 23.3 Å². The lowest BCUT2D eigenvalue weighted by atomic mass is 10.1. The molecular weight excluding hydrogens is 412 g/mol. The van der Waals surface area contributed by atoms with Crippen molar-refractivity contribution in [3.8, 4) is 35.1 Å². The van der Waals surface area contributed by atoms with Gasteiger partial charge in [0.05, 0.1) is 12.1 Å². The first kappa shape index (κ1) is 21.6. The van der Waals surface area contributed by atoms with Crippen LogP contribution in [0.3, 0.4) is 0 Å². The maximum atomic E-state index is 9.75. The number of hydrogen-bond acceptors (Lipinski definition) is 5. The highest BCUT2D eigenvalue weighted by atomic mass is 16.5. The molecule has 0 aliphatic heterocycles. The Bertz CT molecular complexity index is 1180. The van der Waals surface area contributed by atoms with Crippen LogP contribution < -0.4 is 9.47 Å². The van der Waals surface area contributed by atoms with Crippen LogP contribution in [0.4, 0.5) is 0 Å². The fourth-order valence-electron chi connectivity index (χ4n) is 3.23. The standard InChI is InChI=1S/C28H20N2O3/c29-19-27(21-9-7-15-25(17-21)31-23-11-3-1-4-12-23)33-28(20-30)22-10-8-16-26(18-22)32-24-13-5-2-6-14-24/h1-18,27-28H/t27-,28-/m1/s1. The Labute approximate surface area is 192 Å². The molecule has 160 valence electrons. The molecule has 0 spiro atoms. The molecule has 0 aromatic heterocycles. The van der Waals surface area contributed by atoms with Crippen LogP contribution in [0, 0.1) is 22.7 Å². The van der Waals surface area contributed by atoms with E-state index in [0.29, 0.717) is 34.1 Å². The minimum Gasteiger partial charge on any atom is -0.457 e. The van der Waals surface area contributed by atoms with Gasteiger partial charge in [-0.15, -0.1) is 0 Å². The Balaban J connectivity index is 1.51. The van der Waals surface area contributed by atoms with Gasteiger partial charge in [0.15, 0.2) is 12.2 Å². The smallest absolute Gasteiger partial charge is 0.171 e. The SMILES string of the molecule is N#C[C@@H](O[C@H](C#N)c1cccc(Oc2ccccc2)c1)c1cccc(Oc2ccccc2)c1. The number of nitriles is 2. The van der Waals surface area contributed by atoms with Crippen molar-refractivity contribution >= 4 is 0 Å². The third-order valence-corrected chi connectivity index (χ3v) is 4.79. The van der Waals surface area contributed by atoms with E-state index in [1.807, 2.05) is 60.7 Å². The second-order valence-electron chi connectivity index (χ2n) is 7.13. The van der Waals surface area contributed by atoms with E-state index in [2.05, 4.69) is 12.1 Å². The number of benzene rings is 4. The molecule has 4 aromatic carbocycles. The molecule has 4 aromatic rings. The zero-order valence-electron chi connectivity index (χ0n) is 17.7. The number of rotatable bonds is 8. The molecule has 0 unspecified atom stereocenters. The maximum absolute atomic E-state index is 9.75. The van der Waals surface area contributed by atoms with Crippen molar-refractivity contribution < 1.29 is 14.2 Å². The summed E-state index contributed by atoms with van der Waals surface area (Å²) >= 11 is 0. The van der Waals surface area contributed by atoms with Crippen LogP contribution in [-0.2, 0) is 4.74 Å². The highest BCUT2D eigenvalue weighted by Crippen LogP contribution is 2.31. The third-order valence-electron chi connectivity index (χ3n) is 4.79. The Morgan fingerprint density at radius 1 is 0.485 bits per heavy atom. The fourth-order valence-corrected chi connectivity index (χ4v) is 3.23. The van der Waals surface area contributed by atoms with E-state index in [-0.39, 0.29) is 0 Å². The topological polar surface area (TPSA) is 75.3 Å². The lowest BCUT2D eigenvalue weighted by Crippen LogP contribution is -2.08. The highest BCUT2D eigenvalue weighted by molar-refractivity contribution is 5.38. The molecule has 33 heavy (non-hydrogen) atoms. The molecule has 5 heteroatoms. The summed E-state index contributed by atoms with van der Waals surface area (Å²) in [4.78, 5) is 0. The Morgan fingerprint density at radius 2 is 0.879 bits per heavy atom. The quantitative estimate of drug-likeness (QED) is 0.296. The summed E-state index contributed by atoms with van der Waals surface area (Å²) in [6, 6.07) is 37.2. The molecule has 0 aliphatic carbocycles. The lowest BCUT2D eigenvalue weighted by Gasteiger charge is -2.17. The van der Waals surface area contributed by atoms with E-state index in [9.17, 15) is 10.5 Å². The second kappa shape index (κ2) is 10.6. The molecule has 4 rings (SSSR count). The largest absolute Gasteiger partial charge is 0.457 e. The summed E-state index contributed by atoms with van der Waals surface area (Å²) in [6.45, 7) is 0. The first-order chi connectivity index (χ1) is 16.2. The van der Waals surface area contributed by atoms with E-state index in [1.165, 1.54) is 0 Å². The van der Waals surface area contributed by atoms with Gasteiger partial charge < -0.3 is 14.2 Å². The Kier molecular flexibility index (Phi) is 6.98. The molecule has 0 N–H and O–H groups in total. The van der Waals surface area contributed by atoms with Gasteiger partial charge in [0.1, 0.15) is 23.0 Å². The molecule has 2 atom stereocenters. The third kappa shape index (κ3) is 5.77. The van der Waals surface area contributed by atoms with Crippen LogP contribution in [0.2, 0.25) is 0 Å². The molecule has 5 nitrogen and oxygen atoms in total. The monoisotopic (exact) mass is 432 g/mol. The average molecular weight is 432 g/mol. The summed E-state index contributed by atoms with van der Waals surface area (Å²) in [6.07, 6.45) is -1.90. The van der Waals surface area contributed by atoms with Crippen molar-refractivity contribution in [2.24, 2.45) is 0 Å². The van der Waals surface area contributed by atoms with Crippen molar-refractivity contribution in [1.29, 1.82) is 10.5 Å². The molecular formula is C28H20N2O3. The van der Waals surface area contributed by atoms with Gasteiger partial charge in [-0.1, -0.05) is 60.7 Å². The van der Waals surface area contributed by atoms with E-state index in [1.54, 1.807) is 48.5 Å². The van der Waals surface area contributed by atoms with Crippen molar-refractivity contribution in [1.82, 2.24) is 0 Å².